The van der Waals surface area contributed by atoms with Gasteiger partial charge in [-0.25, -0.2) is 9.79 Å². The van der Waals surface area contributed by atoms with E-state index in [0.29, 0.717) is 5.56 Å². The van der Waals surface area contributed by atoms with Gasteiger partial charge in [0.05, 0.1) is 14.2 Å². The average Bonchev–Trinajstić information content (AvgIpc) is 3.08. The number of hydrogen-bond acceptors (Lipinski definition) is 7. The molecule has 11 heteroatoms. The fraction of sp³-hybridized carbons (Fsp3) is 0.200. The molecule has 0 spiro atoms. The lowest BCUT2D eigenvalue weighted by atomic mass is 10.1. The summed E-state index contributed by atoms with van der Waals surface area (Å²) in [6.07, 6.45) is 1.31. The second-order valence-corrected chi connectivity index (χ2v) is 5.88. The monoisotopic (exact) mass is 441 g/mol. The molecule has 0 N–H and O–H groups in total. The van der Waals surface area contributed by atoms with E-state index in [-0.39, 0.29) is 40.2 Å². The number of nitrogens with zero attached hydrogens (tertiary/aromatic N) is 1. The van der Waals surface area contributed by atoms with Crippen LogP contribution in [0.3, 0.4) is 0 Å². The van der Waals surface area contributed by atoms with Crippen LogP contribution in [0.4, 0.5) is 17.6 Å². The van der Waals surface area contributed by atoms with Gasteiger partial charge in [-0.3, -0.25) is 0 Å². The molecule has 0 fully saturated rings. The van der Waals surface area contributed by atoms with Crippen molar-refractivity contribution < 1.29 is 46.0 Å². The zero-order valence-corrected chi connectivity index (χ0v) is 16.1. The third kappa shape index (κ3) is 5.24. The van der Waals surface area contributed by atoms with Crippen molar-refractivity contribution in [3.63, 3.8) is 0 Å². The molecule has 0 radical (unpaired) electrons. The van der Waals surface area contributed by atoms with Crippen LogP contribution in [-0.2, 0) is 9.53 Å². The Morgan fingerprint density at radius 1 is 0.968 bits per heavy atom. The highest BCUT2D eigenvalue weighted by Gasteiger charge is 2.25. The first-order chi connectivity index (χ1) is 14.8. The second-order valence-electron chi connectivity index (χ2n) is 5.88. The van der Waals surface area contributed by atoms with Crippen LogP contribution in [0, 0.1) is 0 Å². The first kappa shape index (κ1) is 21.9. The molecule has 2 aromatic carbocycles. The normalized spacial score (nSPS) is 14.6. The van der Waals surface area contributed by atoms with Crippen molar-refractivity contribution in [1.82, 2.24) is 0 Å². The van der Waals surface area contributed by atoms with Gasteiger partial charge in [0.2, 0.25) is 11.6 Å². The van der Waals surface area contributed by atoms with E-state index in [1.54, 1.807) is 0 Å². The summed E-state index contributed by atoms with van der Waals surface area (Å²) < 4.78 is 74.1. The number of aliphatic imine (C=N–C) groups is 1. The lowest BCUT2D eigenvalue weighted by Crippen LogP contribution is -2.07. The van der Waals surface area contributed by atoms with Gasteiger partial charge in [0.1, 0.15) is 5.75 Å². The third-order valence-corrected chi connectivity index (χ3v) is 3.92. The first-order valence-corrected chi connectivity index (χ1v) is 8.59. The van der Waals surface area contributed by atoms with Gasteiger partial charge in [-0.1, -0.05) is 6.07 Å². The van der Waals surface area contributed by atoms with Crippen LogP contribution in [0.2, 0.25) is 0 Å². The average molecular weight is 441 g/mol. The molecule has 164 valence electrons. The molecule has 0 aliphatic carbocycles. The first-order valence-electron chi connectivity index (χ1n) is 8.59. The Kier molecular flexibility index (Phi) is 6.63. The molecule has 0 saturated heterocycles. The number of ether oxygens (including phenoxy) is 5. The minimum Gasteiger partial charge on any atom is -0.493 e. The Bertz CT molecular complexity index is 1010. The van der Waals surface area contributed by atoms with Crippen molar-refractivity contribution in [2.24, 2.45) is 4.99 Å². The highest BCUT2D eigenvalue weighted by molar-refractivity contribution is 6.13. The molecule has 1 aliphatic heterocycles. The fourth-order valence-electron chi connectivity index (χ4n) is 2.68. The SMILES string of the molecule is COc1cc(C=C2N=C(c3cccc(OC(F)F)c3)OC2=O)cc(OC)c1OC(F)F. The van der Waals surface area contributed by atoms with Crippen LogP contribution in [0.5, 0.6) is 23.0 Å². The highest BCUT2D eigenvalue weighted by Crippen LogP contribution is 2.40. The Morgan fingerprint density at radius 3 is 2.19 bits per heavy atom. The number of carbonyl (C=O) groups is 1. The van der Waals surface area contributed by atoms with Crippen molar-refractivity contribution in [3.05, 3.63) is 53.2 Å². The number of rotatable bonds is 8. The van der Waals surface area contributed by atoms with Crippen molar-refractivity contribution in [3.8, 4) is 23.0 Å². The molecule has 7 nitrogen and oxygen atoms in total. The number of halogens is 4. The minimum atomic E-state index is -3.10. The smallest absolute Gasteiger partial charge is 0.387 e. The summed E-state index contributed by atoms with van der Waals surface area (Å²) in [4.78, 5) is 16.3. The van der Waals surface area contributed by atoms with Crippen LogP contribution in [0.1, 0.15) is 11.1 Å². The van der Waals surface area contributed by atoms with Crippen LogP contribution in [0.25, 0.3) is 6.08 Å². The van der Waals surface area contributed by atoms with E-state index < -0.39 is 19.2 Å². The van der Waals surface area contributed by atoms with E-state index in [9.17, 15) is 22.4 Å². The van der Waals surface area contributed by atoms with Crippen molar-refractivity contribution in [1.29, 1.82) is 0 Å². The van der Waals surface area contributed by atoms with Crippen LogP contribution < -0.4 is 18.9 Å². The van der Waals surface area contributed by atoms with E-state index in [1.165, 1.54) is 56.7 Å². The Morgan fingerprint density at radius 2 is 1.61 bits per heavy atom. The molecule has 31 heavy (non-hydrogen) atoms. The molecular weight excluding hydrogens is 426 g/mol. The number of methoxy groups -OCH3 is 2. The molecule has 0 atom stereocenters. The molecule has 1 aliphatic rings. The summed E-state index contributed by atoms with van der Waals surface area (Å²) >= 11 is 0. The van der Waals surface area contributed by atoms with Crippen LogP contribution in [-0.4, -0.2) is 39.3 Å². The number of hydrogen-bond donors (Lipinski definition) is 0. The molecule has 0 aromatic heterocycles. The Balaban J connectivity index is 1.95. The number of esters is 1. The highest BCUT2D eigenvalue weighted by atomic mass is 19.3. The van der Waals surface area contributed by atoms with E-state index in [2.05, 4.69) is 14.5 Å². The predicted molar refractivity (Wildman–Crippen MR) is 99.9 cm³/mol. The summed E-state index contributed by atoms with van der Waals surface area (Å²) in [5.74, 6) is -1.48. The summed E-state index contributed by atoms with van der Waals surface area (Å²) in [6.45, 7) is -6.12. The maximum atomic E-state index is 12.7. The van der Waals surface area contributed by atoms with Gasteiger partial charge in [-0.05, 0) is 42.0 Å². The van der Waals surface area contributed by atoms with Gasteiger partial charge >= 0.3 is 19.2 Å². The fourth-order valence-corrected chi connectivity index (χ4v) is 2.68. The van der Waals surface area contributed by atoms with Crippen molar-refractivity contribution in [2.75, 3.05) is 14.2 Å². The quantitative estimate of drug-likeness (QED) is 0.346. The maximum Gasteiger partial charge on any atom is 0.387 e. The van der Waals surface area contributed by atoms with Crippen molar-refractivity contribution >= 4 is 17.9 Å². The summed E-state index contributed by atoms with van der Waals surface area (Å²) in [5, 5.41) is 0. The standard InChI is InChI=1S/C20H15F4NO6/c1-27-14-7-10(8-15(28-2)16(14)30-20(23)24)6-13-18(26)31-17(25-13)11-4-3-5-12(9-11)29-19(21)22/h3-9,19-20H,1-2H3. The van der Waals surface area contributed by atoms with E-state index in [0.717, 1.165) is 0 Å². The molecule has 0 amide bonds. The zero-order valence-electron chi connectivity index (χ0n) is 16.1. The minimum absolute atomic E-state index is 0.0566. The second kappa shape index (κ2) is 9.37. The van der Waals surface area contributed by atoms with E-state index in [1.807, 2.05) is 0 Å². The molecule has 0 bridgehead atoms. The van der Waals surface area contributed by atoms with Gasteiger partial charge < -0.3 is 23.7 Å². The van der Waals surface area contributed by atoms with Gasteiger partial charge in [-0.2, -0.15) is 17.6 Å². The van der Waals surface area contributed by atoms with E-state index >= 15 is 0 Å². The third-order valence-electron chi connectivity index (χ3n) is 3.92. The molecule has 1 heterocycles. The molecule has 0 saturated carbocycles. The summed E-state index contributed by atoms with van der Waals surface area (Å²) in [6, 6.07) is 8.16. The summed E-state index contributed by atoms with van der Waals surface area (Å²) in [5.41, 5.74) is 0.439. The predicted octanol–water partition coefficient (Wildman–Crippen LogP) is 4.25. The summed E-state index contributed by atoms with van der Waals surface area (Å²) in [7, 11) is 2.50. The van der Waals surface area contributed by atoms with Gasteiger partial charge in [0.25, 0.3) is 0 Å². The molecule has 0 unspecified atom stereocenters. The number of alkyl halides is 4. The Labute approximate surface area is 173 Å². The van der Waals surface area contributed by atoms with Gasteiger partial charge in [-0.15, -0.1) is 0 Å². The number of benzene rings is 2. The van der Waals surface area contributed by atoms with Gasteiger partial charge in [0, 0.05) is 5.56 Å². The number of cyclic esters (lactones) is 1. The molecule has 3 rings (SSSR count). The Hall–Kier alpha value is -3.76. The van der Waals surface area contributed by atoms with Crippen LogP contribution >= 0.6 is 0 Å². The topological polar surface area (TPSA) is 75.6 Å². The van der Waals surface area contributed by atoms with Gasteiger partial charge in [0.15, 0.2) is 17.2 Å². The molecular formula is C20H15F4NO6. The number of carbonyl (C=O) groups excluding carboxylic acids is 1. The largest absolute Gasteiger partial charge is 0.493 e. The zero-order chi connectivity index (χ0) is 22.5. The van der Waals surface area contributed by atoms with Crippen LogP contribution in [0.15, 0.2) is 47.1 Å². The van der Waals surface area contributed by atoms with E-state index in [4.69, 9.17) is 14.2 Å². The van der Waals surface area contributed by atoms with Crippen molar-refractivity contribution in [2.45, 2.75) is 13.2 Å². The maximum absolute atomic E-state index is 12.7. The molecule has 2 aromatic rings. The lowest BCUT2D eigenvalue weighted by Gasteiger charge is -2.14. The lowest BCUT2D eigenvalue weighted by molar-refractivity contribution is -0.129.